The van der Waals surface area contributed by atoms with E-state index < -0.39 is 0 Å². The summed E-state index contributed by atoms with van der Waals surface area (Å²) >= 11 is 0. The third-order valence-corrected chi connectivity index (χ3v) is 4.42. The molecule has 0 bridgehead atoms. The van der Waals surface area contributed by atoms with Gasteiger partial charge < -0.3 is 9.47 Å². The summed E-state index contributed by atoms with van der Waals surface area (Å²) in [6.45, 7) is 5.48. The minimum Gasteiger partial charge on any atom is -0.343 e. The van der Waals surface area contributed by atoms with Crippen molar-refractivity contribution in [1.29, 1.82) is 0 Å². The lowest BCUT2D eigenvalue weighted by molar-refractivity contribution is 0.0775. The Balaban J connectivity index is 2.32. The van der Waals surface area contributed by atoms with Crippen molar-refractivity contribution < 1.29 is 4.79 Å². The molecule has 0 saturated heterocycles. The molecular formula is C20H22N2O. The van der Waals surface area contributed by atoms with Gasteiger partial charge in [0.05, 0.1) is 11.3 Å². The minimum absolute atomic E-state index is 0.102. The zero-order valence-corrected chi connectivity index (χ0v) is 13.9. The molecule has 2 aromatic carbocycles. The summed E-state index contributed by atoms with van der Waals surface area (Å²) < 4.78 is 2.13. The van der Waals surface area contributed by atoms with Crippen LogP contribution in [0.5, 0.6) is 0 Å². The van der Waals surface area contributed by atoms with Gasteiger partial charge in [-0.1, -0.05) is 48.5 Å². The van der Waals surface area contributed by atoms with Gasteiger partial charge in [-0.15, -0.1) is 0 Å². The molecule has 3 rings (SSSR count). The molecule has 0 N–H and O–H groups in total. The zero-order valence-electron chi connectivity index (χ0n) is 13.9. The quantitative estimate of drug-likeness (QED) is 0.704. The lowest BCUT2D eigenvalue weighted by Crippen LogP contribution is -2.30. The summed E-state index contributed by atoms with van der Waals surface area (Å²) in [4.78, 5) is 15.0. The van der Waals surface area contributed by atoms with E-state index in [1.54, 1.807) is 0 Å². The second-order valence-corrected chi connectivity index (χ2v) is 5.64. The van der Waals surface area contributed by atoms with Gasteiger partial charge in [0, 0.05) is 31.0 Å². The van der Waals surface area contributed by atoms with Gasteiger partial charge >= 0.3 is 0 Å². The molecule has 1 amide bonds. The van der Waals surface area contributed by atoms with Crippen LogP contribution in [0.15, 0.2) is 54.6 Å². The highest BCUT2D eigenvalue weighted by Gasteiger charge is 2.24. The van der Waals surface area contributed by atoms with Crippen molar-refractivity contribution in [3.05, 3.63) is 60.2 Å². The van der Waals surface area contributed by atoms with E-state index in [-0.39, 0.29) is 5.91 Å². The van der Waals surface area contributed by atoms with Crippen LogP contribution in [-0.2, 0) is 7.05 Å². The average molecular weight is 306 g/mol. The number of fused-ring (bicyclic) bond motifs is 1. The van der Waals surface area contributed by atoms with Crippen LogP contribution in [0.1, 0.15) is 24.2 Å². The van der Waals surface area contributed by atoms with Crippen LogP contribution in [0.2, 0.25) is 0 Å². The van der Waals surface area contributed by atoms with E-state index in [9.17, 15) is 4.79 Å². The van der Waals surface area contributed by atoms with Gasteiger partial charge in [-0.3, -0.25) is 4.79 Å². The molecule has 0 radical (unpaired) electrons. The van der Waals surface area contributed by atoms with E-state index in [1.807, 2.05) is 62.2 Å². The highest BCUT2D eigenvalue weighted by atomic mass is 16.2. The fourth-order valence-corrected chi connectivity index (χ4v) is 3.21. The predicted octanol–water partition coefficient (Wildman–Crippen LogP) is 4.33. The van der Waals surface area contributed by atoms with E-state index in [0.717, 1.165) is 27.7 Å². The molecule has 0 aliphatic rings. The van der Waals surface area contributed by atoms with E-state index in [2.05, 4.69) is 22.8 Å². The first-order chi connectivity index (χ1) is 11.2. The lowest BCUT2D eigenvalue weighted by Gasteiger charge is -2.19. The van der Waals surface area contributed by atoms with Crippen LogP contribution >= 0.6 is 0 Å². The summed E-state index contributed by atoms with van der Waals surface area (Å²) in [7, 11) is 2.03. The number of benzene rings is 2. The summed E-state index contributed by atoms with van der Waals surface area (Å²) in [5, 5.41) is 1.02. The Hall–Kier alpha value is -2.55. The summed E-state index contributed by atoms with van der Waals surface area (Å²) in [6.07, 6.45) is 0. The summed E-state index contributed by atoms with van der Waals surface area (Å²) in [5.74, 6) is 0.102. The molecule has 118 valence electrons. The number of carbonyl (C=O) groups excluding carboxylic acids is 1. The van der Waals surface area contributed by atoms with Crippen molar-refractivity contribution in [3.8, 4) is 11.3 Å². The molecule has 0 atom stereocenters. The summed E-state index contributed by atoms with van der Waals surface area (Å²) in [6, 6.07) is 18.3. The van der Waals surface area contributed by atoms with Gasteiger partial charge in [0.1, 0.15) is 0 Å². The third kappa shape index (κ3) is 2.52. The predicted molar refractivity (Wildman–Crippen MR) is 95.6 cm³/mol. The van der Waals surface area contributed by atoms with Crippen LogP contribution in [0.4, 0.5) is 0 Å². The fourth-order valence-electron chi connectivity index (χ4n) is 3.21. The molecule has 1 heterocycles. The van der Waals surface area contributed by atoms with E-state index in [1.165, 1.54) is 0 Å². The SMILES string of the molecule is CCN(CC)C(=O)c1c(-c2ccccc2)n(C)c2ccccc12. The van der Waals surface area contributed by atoms with Crippen LogP contribution in [0, 0.1) is 0 Å². The van der Waals surface area contributed by atoms with Gasteiger partial charge in [-0.05, 0) is 25.5 Å². The molecule has 23 heavy (non-hydrogen) atoms. The Morgan fingerprint density at radius 3 is 2.22 bits per heavy atom. The molecule has 0 saturated carbocycles. The Bertz CT molecular complexity index is 829. The van der Waals surface area contributed by atoms with Gasteiger partial charge in [0.2, 0.25) is 0 Å². The Morgan fingerprint density at radius 2 is 1.57 bits per heavy atom. The largest absolute Gasteiger partial charge is 0.343 e. The van der Waals surface area contributed by atoms with Gasteiger partial charge in [0.25, 0.3) is 5.91 Å². The second-order valence-electron chi connectivity index (χ2n) is 5.64. The molecule has 3 nitrogen and oxygen atoms in total. The van der Waals surface area contributed by atoms with Crippen LogP contribution < -0.4 is 0 Å². The third-order valence-electron chi connectivity index (χ3n) is 4.42. The van der Waals surface area contributed by atoms with Crippen molar-refractivity contribution in [2.45, 2.75) is 13.8 Å². The van der Waals surface area contributed by atoms with Crippen LogP contribution in [0.3, 0.4) is 0 Å². The van der Waals surface area contributed by atoms with Crippen LogP contribution in [0.25, 0.3) is 22.2 Å². The normalized spacial score (nSPS) is 10.9. The maximum Gasteiger partial charge on any atom is 0.256 e. The fraction of sp³-hybridized carbons (Fsp3) is 0.250. The number of hydrogen-bond donors (Lipinski definition) is 0. The van der Waals surface area contributed by atoms with Gasteiger partial charge in [-0.2, -0.15) is 0 Å². The van der Waals surface area contributed by atoms with Crippen molar-refractivity contribution in [2.75, 3.05) is 13.1 Å². The number of carbonyl (C=O) groups is 1. The maximum absolute atomic E-state index is 13.1. The second kappa shape index (κ2) is 6.29. The number of nitrogens with zero attached hydrogens (tertiary/aromatic N) is 2. The average Bonchev–Trinajstić information content (AvgIpc) is 2.90. The van der Waals surface area contributed by atoms with Crippen molar-refractivity contribution in [2.24, 2.45) is 7.05 Å². The van der Waals surface area contributed by atoms with E-state index in [4.69, 9.17) is 0 Å². The highest BCUT2D eigenvalue weighted by Crippen LogP contribution is 2.33. The van der Waals surface area contributed by atoms with Crippen molar-refractivity contribution in [3.63, 3.8) is 0 Å². The van der Waals surface area contributed by atoms with Gasteiger partial charge in [0.15, 0.2) is 0 Å². The molecule has 1 aromatic heterocycles. The van der Waals surface area contributed by atoms with Crippen LogP contribution in [-0.4, -0.2) is 28.5 Å². The van der Waals surface area contributed by atoms with E-state index >= 15 is 0 Å². The molecule has 0 aliphatic carbocycles. The highest BCUT2D eigenvalue weighted by molar-refractivity contribution is 6.12. The number of para-hydroxylation sites is 1. The Labute approximate surface area is 137 Å². The molecule has 0 unspecified atom stereocenters. The maximum atomic E-state index is 13.1. The first-order valence-electron chi connectivity index (χ1n) is 8.11. The molecule has 3 heteroatoms. The minimum atomic E-state index is 0.102. The van der Waals surface area contributed by atoms with E-state index in [0.29, 0.717) is 13.1 Å². The number of rotatable bonds is 4. The van der Waals surface area contributed by atoms with Gasteiger partial charge in [-0.25, -0.2) is 0 Å². The monoisotopic (exact) mass is 306 g/mol. The molecular weight excluding hydrogens is 284 g/mol. The zero-order chi connectivity index (χ0) is 16.4. The molecule has 3 aromatic rings. The standard InChI is InChI=1S/C20H22N2O/c1-4-22(5-2)20(23)18-16-13-9-10-14-17(16)21(3)19(18)15-11-7-6-8-12-15/h6-14H,4-5H2,1-3H3. The summed E-state index contributed by atoms with van der Waals surface area (Å²) in [5.41, 5.74) is 3.95. The topological polar surface area (TPSA) is 25.2 Å². The number of hydrogen-bond acceptors (Lipinski definition) is 1. The Kier molecular flexibility index (Phi) is 4.20. The van der Waals surface area contributed by atoms with Crippen molar-refractivity contribution in [1.82, 2.24) is 9.47 Å². The molecule has 0 spiro atoms. The lowest BCUT2D eigenvalue weighted by atomic mass is 10.0. The molecule has 0 aliphatic heterocycles. The smallest absolute Gasteiger partial charge is 0.256 e. The number of amides is 1. The Morgan fingerprint density at radius 1 is 0.957 bits per heavy atom. The van der Waals surface area contributed by atoms with Crippen molar-refractivity contribution >= 4 is 16.8 Å². The number of aryl methyl sites for hydroxylation is 1. The first kappa shape index (κ1) is 15.3. The number of aromatic nitrogens is 1. The first-order valence-corrected chi connectivity index (χ1v) is 8.11. The molecule has 0 fully saturated rings.